The summed E-state index contributed by atoms with van der Waals surface area (Å²) in [5.41, 5.74) is 0. The third kappa shape index (κ3) is 3.20. The summed E-state index contributed by atoms with van der Waals surface area (Å²) in [5.74, 6) is 0.00555. The molecule has 2 fully saturated rings. The lowest BCUT2D eigenvalue weighted by molar-refractivity contribution is -0.134. The molecule has 0 spiro atoms. The second-order valence-electron chi connectivity index (χ2n) is 5.23. The summed E-state index contributed by atoms with van der Waals surface area (Å²) in [4.78, 5) is 11.8. The lowest BCUT2D eigenvalue weighted by atomic mass is 9.87. The highest BCUT2D eigenvalue weighted by Gasteiger charge is 2.39. The van der Waals surface area contributed by atoms with E-state index in [1.807, 2.05) is 0 Å². The number of nitrogens with one attached hydrogen (secondary N) is 1. The molecule has 3 unspecified atom stereocenters. The van der Waals surface area contributed by atoms with E-state index in [1.54, 1.807) is 0 Å². The predicted molar refractivity (Wildman–Crippen MR) is 62.7 cm³/mol. The van der Waals surface area contributed by atoms with E-state index >= 15 is 0 Å². The molecule has 0 bridgehead atoms. The van der Waals surface area contributed by atoms with E-state index in [-0.39, 0.29) is 18.6 Å². The number of amides is 1. The van der Waals surface area contributed by atoms with Gasteiger partial charge < -0.3 is 25.4 Å². The van der Waals surface area contributed by atoms with Gasteiger partial charge in [0.25, 0.3) is 5.91 Å². The summed E-state index contributed by atoms with van der Waals surface area (Å²) in [6.07, 6.45) is 0.0740. The fourth-order valence-corrected chi connectivity index (χ4v) is 2.53. The molecule has 2 aliphatic rings. The third-order valence-corrected chi connectivity index (χ3v) is 3.79. The Kier molecular flexibility index (Phi) is 4.55. The Morgan fingerprint density at radius 1 is 1.17 bits per heavy atom. The number of hydrogen-bond donors (Lipinski definition) is 4. The Balaban J connectivity index is 1.72. The molecule has 6 nitrogen and oxygen atoms in total. The first-order valence-electron chi connectivity index (χ1n) is 6.51. The van der Waals surface area contributed by atoms with Crippen LogP contribution in [0.2, 0.25) is 0 Å². The van der Waals surface area contributed by atoms with Crippen LogP contribution < -0.4 is 5.32 Å². The number of aliphatic hydroxyl groups excluding tert-OH is 3. The largest absolute Gasteiger partial charge is 0.393 e. The van der Waals surface area contributed by atoms with E-state index in [0.29, 0.717) is 12.5 Å². The quantitative estimate of drug-likeness (QED) is 0.509. The van der Waals surface area contributed by atoms with E-state index in [9.17, 15) is 20.1 Å². The Bertz CT molecular complexity index is 290. The minimum Gasteiger partial charge on any atom is -0.393 e. The van der Waals surface area contributed by atoms with Crippen molar-refractivity contribution in [3.8, 4) is 0 Å². The van der Waals surface area contributed by atoms with Crippen LogP contribution in [-0.2, 0) is 9.53 Å². The van der Waals surface area contributed by atoms with Gasteiger partial charge in [0.2, 0.25) is 0 Å². The summed E-state index contributed by atoms with van der Waals surface area (Å²) in [7, 11) is 0. The smallest absolute Gasteiger partial charge is 0.251 e. The molecule has 4 N–H and O–H groups in total. The molecular formula is C12H21NO5. The van der Waals surface area contributed by atoms with Crippen LogP contribution in [0.3, 0.4) is 0 Å². The molecule has 2 rings (SSSR count). The minimum absolute atomic E-state index is 0.00509. The van der Waals surface area contributed by atoms with Gasteiger partial charge in [0.15, 0.2) is 6.10 Å². The first-order valence-corrected chi connectivity index (χ1v) is 6.51. The minimum atomic E-state index is -1.14. The molecule has 0 aromatic carbocycles. The summed E-state index contributed by atoms with van der Waals surface area (Å²) in [6, 6.07) is 0. The highest BCUT2D eigenvalue weighted by Crippen LogP contribution is 2.23. The van der Waals surface area contributed by atoms with Gasteiger partial charge in [-0.05, 0) is 31.6 Å². The Morgan fingerprint density at radius 3 is 2.39 bits per heavy atom. The van der Waals surface area contributed by atoms with Gasteiger partial charge >= 0.3 is 0 Å². The molecule has 0 aromatic heterocycles. The summed E-state index contributed by atoms with van der Waals surface area (Å²) in [6.45, 7) is 0.531. The molecule has 0 aromatic rings. The lowest BCUT2D eigenvalue weighted by Gasteiger charge is -2.26. The monoisotopic (exact) mass is 259 g/mol. The van der Waals surface area contributed by atoms with Crippen LogP contribution in [0.5, 0.6) is 0 Å². The second kappa shape index (κ2) is 5.97. The zero-order valence-electron chi connectivity index (χ0n) is 10.3. The van der Waals surface area contributed by atoms with Gasteiger partial charge in [-0.15, -0.1) is 0 Å². The summed E-state index contributed by atoms with van der Waals surface area (Å²) < 4.78 is 5.04. The maximum Gasteiger partial charge on any atom is 0.251 e. The molecule has 104 valence electrons. The fourth-order valence-electron chi connectivity index (χ4n) is 2.53. The highest BCUT2D eigenvalue weighted by atomic mass is 16.5. The third-order valence-electron chi connectivity index (χ3n) is 3.79. The van der Waals surface area contributed by atoms with E-state index in [1.165, 1.54) is 0 Å². The maximum absolute atomic E-state index is 11.8. The first kappa shape index (κ1) is 13.7. The number of ether oxygens (including phenoxy) is 1. The van der Waals surface area contributed by atoms with Crippen LogP contribution >= 0.6 is 0 Å². The van der Waals surface area contributed by atoms with Crippen molar-refractivity contribution in [3.63, 3.8) is 0 Å². The zero-order valence-corrected chi connectivity index (χ0v) is 10.3. The topological polar surface area (TPSA) is 99.0 Å². The van der Waals surface area contributed by atoms with Crippen LogP contribution in [-0.4, -0.2) is 58.8 Å². The van der Waals surface area contributed by atoms with E-state index < -0.39 is 18.3 Å². The molecule has 6 heteroatoms. The first-order chi connectivity index (χ1) is 8.58. The molecule has 1 saturated heterocycles. The molecule has 1 aliphatic heterocycles. The number of carbonyl (C=O) groups excluding carboxylic acids is 1. The van der Waals surface area contributed by atoms with Crippen molar-refractivity contribution >= 4 is 5.91 Å². The predicted octanol–water partition coefficient (Wildman–Crippen LogP) is -1.23. The fraction of sp³-hybridized carbons (Fsp3) is 0.917. The second-order valence-corrected chi connectivity index (χ2v) is 5.23. The van der Waals surface area contributed by atoms with Gasteiger partial charge in [-0.2, -0.15) is 0 Å². The van der Waals surface area contributed by atoms with Crippen LogP contribution in [0.4, 0.5) is 0 Å². The number of rotatable bonds is 3. The van der Waals surface area contributed by atoms with Crippen molar-refractivity contribution in [2.75, 3.05) is 13.2 Å². The van der Waals surface area contributed by atoms with Crippen LogP contribution in [0.1, 0.15) is 25.7 Å². The average molecular weight is 259 g/mol. The van der Waals surface area contributed by atoms with Crippen molar-refractivity contribution in [1.82, 2.24) is 5.32 Å². The van der Waals surface area contributed by atoms with Crippen molar-refractivity contribution in [2.24, 2.45) is 5.92 Å². The molecule has 0 radical (unpaired) electrons. The molecule has 1 amide bonds. The van der Waals surface area contributed by atoms with E-state index in [4.69, 9.17) is 4.74 Å². The number of hydrogen-bond acceptors (Lipinski definition) is 5. The van der Waals surface area contributed by atoms with Crippen molar-refractivity contribution in [3.05, 3.63) is 0 Å². The average Bonchev–Trinajstić information content (AvgIpc) is 2.69. The Labute approximate surface area is 106 Å². The maximum atomic E-state index is 11.8. The van der Waals surface area contributed by atoms with Gasteiger partial charge in [0.05, 0.1) is 12.7 Å². The molecular weight excluding hydrogens is 238 g/mol. The highest BCUT2D eigenvalue weighted by molar-refractivity contribution is 5.81. The van der Waals surface area contributed by atoms with Crippen molar-refractivity contribution in [1.29, 1.82) is 0 Å². The molecule has 1 heterocycles. The molecule has 18 heavy (non-hydrogen) atoms. The van der Waals surface area contributed by atoms with Gasteiger partial charge in [0, 0.05) is 6.54 Å². The Hall–Kier alpha value is -0.690. The number of carbonyl (C=O) groups is 1. The normalized spacial score (nSPS) is 40.7. The van der Waals surface area contributed by atoms with Crippen LogP contribution in [0.25, 0.3) is 0 Å². The summed E-state index contributed by atoms with van der Waals surface area (Å²) in [5, 5.41) is 30.9. The number of aliphatic hydroxyl groups is 3. The van der Waals surface area contributed by atoms with Crippen LogP contribution in [0, 0.1) is 5.92 Å². The molecule has 3 atom stereocenters. The van der Waals surface area contributed by atoms with Crippen molar-refractivity contribution < 1.29 is 24.9 Å². The van der Waals surface area contributed by atoms with E-state index in [2.05, 4.69) is 5.32 Å². The van der Waals surface area contributed by atoms with Gasteiger partial charge in [-0.1, -0.05) is 0 Å². The SMILES string of the molecule is O=C(NCC1CCC(O)CC1)C1OCC(O)C1O. The van der Waals surface area contributed by atoms with Gasteiger partial charge in [-0.25, -0.2) is 0 Å². The van der Waals surface area contributed by atoms with E-state index in [0.717, 1.165) is 25.7 Å². The molecule has 1 aliphatic carbocycles. The Morgan fingerprint density at radius 2 is 1.83 bits per heavy atom. The summed E-state index contributed by atoms with van der Waals surface area (Å²) >= 11 is 0. The van der Waals surface area contributed by atoms with Crippen molar-refractivity contribution in [2.45, 2.75) is 50.1 Å². The molecule has 1 saturated carbocycles. The van der Waals surface area contributed by atoms with Gasteiger partial charge in [0.1, 0.15) is 12.2 Å². The lowest BCUT2D eigenvalue weighted by Crippen LogP contribution is -2.44. The standard InChI is InChI=1S/C12H21NO5/c14-8-3-1-7(2-4-8)5-13-12(17)11-10(16)9(15)6-18-11/h7-11,14-16H,1-6H2,(H,13,17). The zero-order chi connectivity index (χ0) is 13.1. The van der Waals surface area contributed by atoms with Crippen LogP contribution in [0.15, 0.2) is 0 Å². The van der Waals surface area contributed by atoms with Gasteiger partial charge in [-0.3, -0.25) is 4.79 Å².